The fourth-order valence-electron chi connectivity index (χ4n) is 2.81. The summed E-state index contributed by atoms with van der Waals surface area (Å²) in [6, 6.07) is 16.4. The van der Waals surface area contributed by atoms with Crippen molar-refractivity contribution < 1.29 is 14.4 Å². The van der Waals surface area contributed by atoms with Gasteiger partial charge in [0.2, 0.25) is 11.8 Å². The average molecular weight is 392 g/mol. The maximum Gasteiger partial charge on any atom is 0.271 e. The predicted octanol–water partition coefficient (Wildman–Crippen LogP) is 3.40. The van der Waals surface area contributed by atoms with Crippen molar-refractivity contribution in [2.75, 3.05) is 10.6 Å². The Balaban J connectivity index is 1.69. The van der Waals surface area contributed by atoms with E-state index in [1.165, 1.54) is 5.01 Å². The molecule has 0 bridgehead atoms. The summed E-state index contributed by atoms with van der Waals surface area (Å²) in [6.45, 7) is 3.95. The number of hydrazone groups is 1. The van der Waals surface area contributed by atoms with Crippen LogP contribution in [0.3, 0.4) is 0 Å². The van der Waals surface area contributed by atoms with E-state index in [0.29, 0.717) is 30.1 Å². The van der Waals surface area contributed by atoms with Crippen molar-refractivity contribution in [3.05, 3.63) is 60.2 Å². The summed E-state index contributed by atoms with van der Waals surface area (Å²) >= 11 is 0. The summed E-state index contributed by atoms with van der Waals surface area (Å²) in [4.78, 5) is 36.7. The SMILES string of the molecule is CC(C)C(=O)Nc1cccc(NC(=O)C2=NN(Cc3ccccc3)C(=O)CC2)c1. The molecule has 0 saturated carbocycles. The molecule has 7 heteroatoms. The number of amides is 3. The number of anilines is 2. The smallest absolute Gasteiger partial charge is 0.271 e. The number of rotatable bonds is 6. The molecule has 7 nitrogen and oxygen atoms in total. The molecule has 2 aromatic rings. The first-order chi connectivity index (χ1) is 13.9. The molecule has 0 aromatic heterocycles. The minimum Gasteiger partial charge on any atom is -0.326 e. The zero-order chi connectivity index (χ0) is 20.8. The van der Waals surface area contributed by atoms with E-state index in [1.807, 2.05) is 44.2 Å². The Hall–Kier alpha value is -3.48. The number of carbonyl (C=O) groups is 3. The molecular formula is C22H24N4O3. The molecule has 3 amide bonds. The first kappa shape index (κ1) is 20.3. The standard InChI is InChI=1S/C22H24N4O3/c1-15(2)21(28)23-17-9-6-10-18(13-17)24-22(29)19-11-12-20(27)26(25-19)14-16-7-4-3-5-8-16/h3-10,13,15H,11-12,14H2,1-2H3,(H,23,28)(H,24,29). The Morgan fingerprint density at radius 3 is 2.38 bits per heavy atom. The number of benzene rings is 2. The number of nitrogens with one attached hydrogen (secondary N) is 2. The van der Waals surface area contributed by atoms with Crippen molar-refractivity contribution in [3.63, 3.8) is 0 Å². The monoisotopic (exact) mass is 392 g/mol. The van der Waals surface area contributed by atoms with Crippen LogP contribution in [0.25, 0.3) is 0 Å². The highest BCUT2D eigenvalue weighted by Crippen LogP contribution is 2.18. The van der Waals surface area contributed by atoms with Crippen molar-refractivity contribution >= 4 is 34.8 Å². The largest absolute Gasteiger partial charge is 0.326 e. The molecule has 0 atom stereocenters. The molecule has 0 spiro atoms. The molecule has 1 aliphatic heterocycles. The van der Waals surface area contributed by atoms with Gasteiger partial charge in [0.25, 0.3) is 5.91 Å². The number of nitrogens with zero attached hydrogens (tertiary/aromatic N) is 2. The van der Waals surface area contributed by atoms with E-state index < -0.39 is 0 Å². The van der Waals surface area contributed by atoms with E-state index in [0.717, 1.165) is 5.56 Å². The molecule has 3 rings (SSSR count). The lowest BCUT2D eigenvalue weighted by atomic mass is 10.1. The number of hydrogen-bond donors (Lipinski definition) is 2. The van der Waals surface area contributed by atoms with Crippen LogP contribution in [0.2, 0.25) is 0 Å². The Morgan fingerprint density at radius 1 is 1.00 bits per heavy atom. The summed E-state index contributed by atoms with van der Waals surface area (Å²) in [5, 5.41) is 11.2. The van der Waals surface area contributed by atoms with E-state index in [1.54, 1.807) is 24.3 Å². The quantitative estimate of drug-likeness (QED) is 0.789. The van der Waals surface area contributed by atoms with Crippen LogP contribution < -0.4 is 10.6 Å². The van der Waals surface area contributed by atoms with Crippen molar-refractivity contribution in [3.8, 4) is 0 Å². The third kappa shape index (κ3) is 5.51. The molecular weight excluding hydrogens is 368 g/mol. The van der Waals surface area contributed by atoms with Gasteiger partial charge in [-0.05, 0) is 23.8 Å². The van der Waals surface area contributed by atoms with Gasteiger partial charge in [-0.25, -0.2) is 5.01 Å². The molecule has 2 N–H and O–H groups in total. The van der Waals surface area contributed by atoms with Gasteiger partial charge in [-0.1, -0.05) is 50.2 Å². The number of hydrogen-bond acceptors (Lipinski definition) is 4. The van der Waals surface area contributed by atoms with Gasteiger partial charge in [-0.3, -0.25) is 14.4 Å². The van der Waals surface area contributed by atoms with E-state index >= 15 is 0 Å². The van der Waals surface area contributed by atoms with Gasteiger partial charge in [-0.15, -0.1) is 0 Å². The first-order valence-corrected chi connectivity index (χ1v) is 9.56. The van der Waals surface area contributed by atoms with Crippen LogP contribution in [0.1, 0.15) is 32.3 Å². The van der Waals surface area contributed by atoms with E-state index in [4.69, 9.17) is 0 Å². The molecule has 0 aliphatic carbocycles. The molecule has 29 heavy (non-hydrogen) atoms. The van der Waals surface area contributed by atoms with Gasteiger partial charge in [-0.2, -0.15) is 5.10 Å². The highest BCUT2D eigenvalue weighted by atomic mass is 16.2. The Labute approximate surface area is 169 Å². The fraction of sp³-hybridized carbons (Fsp3) is 0.273. The fourth-order valence-corrected chi connectivity index (χ4v) is 2.81. The highest BCUT2D eigenvalue weighted by molar-refractivity contribution is 6.43. The van der Waals surface area contributed by atoms with Crippen LogP contribution in [0, 0.1) is 5.92 Å². The Kier molecular flexibility index (Phi) is 6.39. The van der Waals surface area contributed by atoms with Gasteiger partial charge < -0.3 is 10.6 Å². The zero-order valence-electron chi connectivity index (χ0n) is 16.5. The summed E-state index contributed by atoms with van der Waals surface area (Å²) in [7, 11) is 0. The normalized spacial score (nSPS) is 13.8. The number of carbonyl (C=O) groups excluding carboxylic acids is 3. The second-order valence-electron chi connectivity index (χ2n) is 7.16. The zero-order valence-corrected chi connectivity index (χ0v) is 16.5. The van der Waals surface area contributed by atoms with Crippen molar-refractivity contribution in [2.45, 2.75) is 33.2 Å². The van der Waals surface area contributed by atoms with Gasteiger partial charge in [0.1, 0.15) is 5.71 Å². The maximum absolute atomic E-state index is 12.6. The van der Waals surface area contributed by atoms with Crippen LogP contribution in [0.5, 0.6) is 0 Å². The second-order valence-corrected chi connectivity index (χ2v) is 7.16. The maximum atomic E-state index is 12.6. The van der Waals surface area contributed by atoms with Gasteiger partial charge >= 0.3 is 0 Å². The molecule has 0 fully saturated rings. The van der Waals surface area contributed by atoms with Gasteiger partial charge in [0.15, 0.2) is 0 Å². The second kappa shape index (κ2) is 9.14. The van der Waals surface area contributed by atoms with Gasteiger partial charge in [0.05, 0.1) is 6.54 Å². The Morgan fingerprint density at radius 2 is 1.69 bits per heavy atom. The highest BCUT2D eigenvalue weighted by Gasteiger charge is 2.24. The lowest BCUT2D eigenvalue weighted by Crippen LogP contribution is -2.36. The van der Waals surface area contributed by atoms with Crippen LogP contribution in [-0.4, -0.2) is 28.4 Å². The lowest BCUT2D eigenvalue weighted by Gasteiger charge is -2.23. The van der Waals surface area contributed by atoms with Gasteiger partial charge in [0, 0.05) is 30.1 Å². The predicted molar refractivity (Wildman–Crippen MR) is 112 cm³/mol. The summed E-state index contributed by atoms with van der Waals surface area (Å²) < 4.78 is 0. The lowest BCUT2D eigenvalue weighted by molar-refractivity contribution is -0.132. The molecule has 1 heterocycles. The topological polar surface area (TPSA) is 90.9 Å². The van der Waals surface area contributed by atoms with Crippen molar-refractivity contribution in [1.82, 2.24) is 5.01 Å². The van der Waals surface area contributed by atoms with Crippen LogP contribution in [0.4, 0.5) is 11.4 Å². The summed E-state index contributed by atoms with van der Waals surface area (Å²) in [6.07, 6.45) is 0.531. The molecule has 0 saturated heterocycles. The molecule has 0 radical (unpaired) electrons. The Bertz CT molecular complexity index is 938. The van der Waals surface area contributed by atoms with Crippen LogP contribution in [-0.2, 0) is 20.9 Å². The van der Waals surface area contributed by atoms with Crippen molar-refractivity contribution in [2.24, 2.45) is 11.0 Å². The first-order valence-electron chi connectivity index (χ1n) is 9.56. The third-order valence-electron chi connectivity index (χ3n) is 4.45. The summed E-state index contributed by atoms with van der Waals surface area (Å²) in [5.41, 5.74) is 2.40. The minimum absolute atomic E-state index is 0.0970. The van der Waals surface area contributed by atoms with Crippen molar-refractivity contribution in [1.29, 1.82) is 0 Å². The van der Waals surface area contributed by atoms with Crippen LogP contribution in [0.15, 0.2) is 59.7 Å². The average Bonchev–Trinajstić information content (AvgIpc) is 2.70. The third-order valence-corrected chi connectivity index (χ3v) is 4.45. The molecule has 1 aliphatic rings. The van der Waals surface area contributed by atoms with E-state index in [2.05, 4.69) is 15.7 Å². The molecule has 2 aromatic carbocycles. The van der Waals surface area contributed by atoms with E-state index in [-0.39, 0.29) is 30.1 Å². The summed E-state index contributed by atoms with van der Waals surface area (Å²) in [5.74, 6) is -0.704. The minimum atomic E-state index is -0.358. The van der Waals surface area contributed by atoms with E-state index in [9.17, 15) is 14.4 Å². The van der Waals surface area contributed by atoms with Crippen LogP contribution >= 0.6 is 0 Å². The molecule has 150 valence electrons. The molecule has 0 unspecified atom stereocenters.